The summed E-state index contributed by atoms with van der Waals surface area (Å²) in [6.07, 6.45) is 13.0. The Labute approximate surface area is 174 Å². The van der Waals surface area contributed by atoms with Crippen LogP contribution in [0.1, 0.15) is 64.7 Å². The van der Waals surface area contributed by atoms with Crippen LogP contribution in [0.4, 0.5) is 0 Å². The van der Waals surface area contributed by atoms with Crippen molar-refractivity contribution in [2.75, 3.05) is 13.7 Å². The van der Waals surface area contributed by atoms with Gasteiger partial charge in [0.1, 0.15) is 0 Å². The maximum Gasteiger partial charge on any atom is 0.336 e. The summed E-state index contributed by atoms with van der Waals surface area (Å²) in [5.74, 6) is 5.22. The molecule has 0 aliphatic carbocycles. The fourth-order valence-electron chi connectivity index (χ4n) is 2.62. The first-order valence-electron chi connectivity index (χ1n) is 10.3. The lowest BCUT2D eigenvalue weighted by Gasteiger charge is -2.06. The zero-order valence-electron chi connectivity index (χ0n) is 17.6. The minimum atomic E-state index is -0.688. The summed E-state index contributed by atoms with van der Waals surface area (Å²) in [7, 11) is 1.48. The van der Waals surface area contributed by atoms with E-state index >= 15 is 0 Å². The van der Waals surface area contributed by atoms with E-state index in [4.69, 9.17) is 14.2 Å². The van der Waals surface area contributed by atoms with E-state index in [1.54, 1.807) is 24.3 Å². The van der Waals surface area contributed by atoms with Crippen molar-refractivity contribution in [3.8, 4) is 23.3 Å². The maximum absolute atomic E-state index is 11.8. The Hall–Kier alpha value is -2.74. The molecule has 0 N–H and O–H groups in total. The zero-order chi connectivity index (χ0) is 21.2. The fourth-order valence-corrected chi connectivity index (χ4v) is 2.62. The van der Waals surface area contributed by atoms with Crippen LogP contribution in [0.3, 0.4) is 0 Å². The monoisotopic (exact) mass is 400 g/mol. The number of methoxy groups -OCH3 is 1. The average Bonchev–Trinajstić information content (AvgIpc) is 2.73. The molecule has 0 amide bonds. The van der Waals surface area contributed by atoms with Gasteiger partial charge in [0.2, 0.25) is 0 Å². The lowest BCUT2D eigenvalue weighted by molar-refractivity contribution is -0.137. The summed E-state index contributed by atoms with van der Waals surface area (Å²) >= 11 is 0. The van der Waals surface area contributed by atoms with Crippen LogP contribution in [0, 0.1) is 11.8 Å². The Morgan fingerprint density at radius 2 is 1.48 bits per heavy atom. The number of ether oxygens (including phenoxy) is 3. The molecule has 1 aromatic rings. The van der Waals surface area contributed by atoms with Gasteiger partial charge < -0.3 is 14.2 Å². The molecule has 0 bridgehead atoms. The van der Waals surface area contributed by atoms with Crippen molar-refractivity contribution in [2.24, 2.45) is 0 Å². The van der Waals surface area contributed by atoms with E-state index in [1.165, 1.54) is 52.1 Å². The average molecular weight is 401 g/mol. The van der Waals surface area contributed by atoms with Gasteiger partial charge in [-0.15, -0.1) is 0 Å². The Morgan fingerprint density at radius 1 is 0.862 bits per heavy atom. The number of unbranched alkanes of at least 4 members (excludes halogenated alkanes) is 8. The summed E-state index contributed by atoms with van der Waals surface area (Å²) in [6, 6.07) is 6.76. The van der Waals surface area contributed by atoms with Crippen molar-refractivity contribution in [3.05, 3.63) is 36.4 Å². The molecule has 1 rings (SSSR count). The Morgan fingerprint density at radius 3 is 2.17 bits per heavy atom. The Kier molecular flexibility index (Phi) is 13.6. The summed E-state index contributed by atoms with van der Waals surface area (Å²) < 4.78 is 15.1. The van der Waals surface area contributed by atoms with Crippen LogP contribution in [-0.2, 0) is 14.3 Å². The molecule has 0 aliphatic heterocycles. The van der Waals surface area contributed by atoms with E-state index in [0.29, 0.717) is 5.75 Å². The molecule has 0 fully saturated rings. The number of benzene rings is 1. The number of carbonyl (C=O) groups is 2. The molecule has 0 saturated carbocycles. The second kappa shape index (κ2) is 16.2. The second-order valence-corrected chi connectivity index (χ2v) is 6.59. The van der Waals surface area contributed by atoms with Gasteiger partial charge in [-0.1, -0.05) is 75.8 Å². The van der Waals surface area contributed by atoms with E-state index in [-0.39, 0.29) is 12.4 Å². The molecule has 5 nitrogen and oxygen atoms in total. The topological polar surface area (TPSA) is 61.8 Å². The lowest BCUT2D eigenvalue weighted by atomic mass is 10.1. The summed E-state index contributed by atoms with van der Waals surface area (Å²) in [4.78, 5) is 23.4. The van der Waals surface area contributed by atoms with Crippen molar-refractivity contribution in [2.45, 2.75) is 64.7 Å². The third kappa shape index (κ3) is 12.4. The van der Waals surface area contributed by atoms with Crippen molar-refractivity contribution in [1.82, 2.24) is 0 Å². The number of para-hydroxylation sites is 2. The van der Waals surface area contributed by atoms with Crippen molar-refractivity contribution >= 4 is 11.9 Å². The van der Waals surface area contributed by atoms with E-state index in [2.05, 4.69) is 18.8 Å². The van der Waals surface area contributed by atoms with Gasteiger partial charge in [-0.2, -0.15) is 0 Å². The first-order chi connectivity index (χ1) is 14.2. The molecule has 0 unspecified atom stereocenters. The van der Waals surface area contributed by atoms with E-state index in [9.17, 15) is 9.59 Å². The smallest absolute Gasteiger partial charge is 0.336 e. The minimum Gasteiger partial charge on any atom is -0.493 e. The molecule has 0 spiro atoms. The van der Waals surface area contributed by atoms with E-state index in [1.807, 2.05) is 0 Å². The maximum atomic E-state index is 11.8. The predicted molar refractivity (Wildman–Crippen MR) is 114 cm³/mol. The predicted octanol–water partition coefficient (Wildman–Crippen LogP) is 5.23. The SMILES string of the molecule is CCCCCCCCCCC#CCOC(=O)/C=C/C(=O)Oc1ccccc1OC. The Bertz CT molecular complexity index is 697. The van der Waals surface area contributed by atoms with Crippen LogP contribution in [0.2, 0.25) is 0 Å². The molecule has 0 saturated heterocycles. The van der Waals surface area contributed by atoms with Crippen LogP contribution >= 0.6 is 0 Å². The number of hydrogen-bond donors (Lipinski definition) is 0. The molecular formula is C24H32O5. The molecular weight excluding hydrogens is 368 g/mol. The molecule has 158 valence electrons. The molecule has 0 atom stereocenters. The van der Waals surface area contributed by atoms with Gasteiger partial charge in [-0.3, -0.25) is 0 Å². The summed E-state index contributed by atoms with van der Waals surface area (Å²) in [5.41, 5.74) is 0. The molecule has 0 aliphatic rings. The molecule has 1 aromatic carbocycles. The van der Waals surface area contributed by atoms with Crippen LogP contribution < -0.4 is 9.47 Å². The third-order valence-electron chi connectivity index (χ3n) is 4.20. The molecule has 5 heteroatoms. The zero-order valence-corrected chi connectivity index (χ0v) is 17.6. The first kappa shape index (κ1) is 24.3. The van der Waals surface area contributed by atoms with Crippen molar-refractivity contribution in [1.29, 1.82) is 0 Å². The highest BCUT2D eigenvalue weighted by molar-refractivity contribution is 5.92. The van der Waals surface area contributed by atoms with Crippen LogP contribution in [-0.4, -0.2) is 25.7 Å². The minimum absolute atomic E-state index is 0.0156. The molecule has 0 radical (unpaired) electrons. The van der Waals surface area contributed by atoms with Gasteiger partial charge in [0.25, 0.3) is 0 Å². The summed E-state index contributed by atoms with van der Waals surface area (Å²) in [6.45, 7) is 2.24. The molecule has 0 aromatic heterocycles. The first-order valence-corrected chi connectivity index (χ1v) is 10.3. The van der Waals surface area contributed by atoms with Gasteiger partial charge in [-0.05, 0) is 18.6 Å². The van der Waals surface area contributed by atoms with Gasteiger partial charge in [0, 0.05) is 18.6 Å². The number of esters is 2. The highest BCUT2D eigenvalue weighted by Crippen LogP contribution is 2.25. The van der Waals surface area contributed by atoms with E-state index < -0.39 is 11.9 Å². The normalized spacial score (nSPS) is 10.3. The Balaban J connectivity index is 2.13. The van der Waals surface area contributed by atoms with Crippen molar-refractivity contribution in [3.63, 3.8) is 0 Å². The van der Waals surface area contributed by atoms with Crippen LogP contribution in [0.5, 0.6) is 11.5 Å². The molecule has 0 heterocycles. The van der Waals surface area contributed by atoms with Gasteiger partial charge >= 0.3 is 11.9 Å². The molecule has 29 heavy (non-hydrogen) atoms. The van der Waals surface area contributed by atoms with Crippen LogP contribution in [0.25, 0.3) is 0 Å². The third-order valence-corrected chi connectivity index (χ3v) is 4.20. The summed E-state index contributed by atoms with van der Waals surface area (Å²) in [5, 5.41) is 0. The van der Waals surface area contributed by atoms with Gasteiger partial charge in [0.15, 0.2) is 18.1 Å². The van der Waals surface area contributed by atoms with Gasteiger partial charge in [0.05, 0.1) is 7.11 Å². The van der Waals surface area contributed by atoms with Crippen LogP contribution in [0.15, 0.2) is 36.4 Å². The van der Waals surface area contributed by atoms with Gasteiger partial charge in [-0.25, -0.2) is 9.59 Å². The van der Waals surface area contributed by atoms with Crippen molar-refractivity contribution < 1.29 is 23.8 Å². The lowest BCUT2D eigenvalue weighted by Crippen LogP contribution is -2.07. The largest absolute Gasteiger partial charge is 0.493 e. The standard InChI is InChI=1S/C24H32O5/c1-3-4-5-6-7-8-9-10-11-12-15-20-28-23(25)18-19-24(26)29-22-17-14-13-16-21(22)27-2/h13-14,16-19H,3-11,20H2,1-2H3/b19-18+. The second-order valence-electron chi connectivity index (χ2n) is 6.59. The number of rotatable bonds is 13. The fraction of sp³-hybridized carbons (Fsp3) is 0.500. The highest BCUT2D eigenvalue weighted by atomic mass is 16.6. The number of carbonyl (C=O) groups excluding carboxylic acids is 2. The van der Waals surface area contributed by atoms with E-state index in [0.717, 1.165) is 25.0 Å². The number of hydrogen-bond acceptors (Lipinski definition) is 5. The quantitative estimate of drug-likeness (QED) is 0.149. The highest BCUT2D eigenvalue weighted by Gasteiger charge is 2.07.